The van der Waals surface area contributed by atoms with Crippen molar-refractivity contribution in [2.45, 2.75) is 129 Å². The molecule has 2 aromatic heterocycles. The Bertz CT molecular complexity index is 3100. The molecule has 4 N–H and O–H groups in total. The van der Waals surface area contributed by atoms with E-state index in [2.05, 4.69) is 52.0 Å². The molecule has 4 aromatic rings. The summed E-state index contributed by atoms with van der Waals surface area (Å²) in [6.07, 6.45) is 15.4. The average Bonchev–Trinajstić information content (AvgIpc) is 2.40. The zero-order valence-electron chi connectivity index (χ0n) is 50.6. The number of anilines is 8. The Morgan fingerprint density at radius 2 is 1.05 bits per heavy atom. The second-order valence-electron chi connectivity index (χ2n) is 24.6. The number of likely N-dealkylation sites (tertiary alicyclic amines) is 2. The van der Waals surface area contributed by atoms with Crippen LogP contribution in [0.2, 0.25) is 0 Å². The standard InChI is InChI=1S/C31H44N8O4.C30H40N8O3/c1-31(2)19-39(22-9-7-8-10-22)26-24(37(5)28(31)41)18-32-29(35-26)34-23-12-11-20(17-25(23)43-6)27(40)33-21-13-15-38(16-14-21)30(42)36(3)4;1-30(2)19-38(22-7-5-6-8-22)26-24(36(3)28(30)40)18-32-29(35-26)34-23-10-9-20(17-25(23)41-4)27(39)33-21-11-14-37(15-12-21)16-13-31/h11-12,17-18,21-22H,7-10,13-16,19H2,1-6H3,(H,33,40)(H,32,34,35);9-10,17-18,21-22H,5-8,11-12,14-16,19H2,1-4H3,(H,33,39)(H,32,34,35). The van der Waals surface area contributed by atoms with Crippen molar-refractivity contribution in [2.75, 3.05) is 118 Å². The third-order valence-electron chi connectivity index (χ3n) is 17.3. The number of carbonyl (C=O) groups excluding carboxylic acids is 5. The largest absolute Gasteiger partial charge is 0.495 e. The third-order valence-corrected chi connectivity index (χ3v) is 17.3. The number of hydrogen-bond acceptors (Lipinski definition) is 17. The van der Waals surface area contributed by atoms with E-state index in [0.717, 1.165) is 63.3 Å². The lowest BCUT2D eigenvalue weighted by Gasteiger charge is -2.34. The van der Waals surface area contributed by atoms with E-state index < -0.39 is 10.8 Å². The minimum absolute atomic E-state index is 0.00621. The summed E-state index contributed by atoms with van der Waals surface area (Å²) in [5.74, 6) is 3.02. The van der Waals surface area contributed by atoms with Gasteiger partial charge in [0.25, 0.3) is 11.8 Å². The Hall–Kier alpha value is -8.00. The Labute approximate surface area is 493 Å². The number of methoxy groups -OCH3 is 2. The Morgan fingerprint density at radius 1 is 0.643 bits per heavy atom. The number of piperidine rings is 2. The van der Waals surface area contributed by atoms with Gasteiger partial charge in [0, 0.05) is 103 Å². The number of ether oxygens (including phenoxy) is 2. The van der Waals surface area contributed by atoms with Crippen LogP contribution >= 0.6 is 0 Å². The smallest absolute Gasteiger partial charge is 0.319 e. The van der Waals surface area contributed by atoms with E-state index in [1.165, 1.54) is 25.7 Å². The molecule has 84 heavy (non-hydrogen) atoms. The maximum absolute atomic E-state index is 13.3. The number of nitrogens with zero attached hydrogens (tertiary/aromatic N) is 12. The van der Waals surface area contributed by atoms with E-state index in [9.17, 15) is 24.0 Å². The highest BCUT2D eigenvalue weighted by molar-refractivity contribution is 6.02. The van der Waals surface area contributed by atoms with Crippen molar-refractivity contribution in [1.29, 1.82) is 5.26 Å². The second-order valence-corrected chi connectivity index (χ2v) is 24.6. The first-order valence-corrected chi connectivity index (χ1v) is 29.6. The Morgan fingerprint density at radius 3 is 1.43 bits per heavy atom. The lowest BCUT2D eigenvalue weighted by atomic mass is 9.91. The number of benzene rings is 2. The molecule has 2 saturated carbocycles. The summed E-state index contributed by atoms with van der Waals surface area (Å²) in [7, 11) is 10.2. The molecule has 4 aliphatic heterocycles. The molecular weight excluding hydrogens is 1070 g/mol. The number of aromatic nitrogens is 4. The van der Waals surface area contributed by atoms with Crippen LogP contribution < -0.4 is 50.3 Å². The van der Waals surface area contributed by atoms with Crippen molar-refractivity contribution in [3.05, 3.63) is 59.9 Å². The van der Waals surface area contributed by atoms with Gasteiger partial charge >= 0.3 is 6.03 Å². The summed E-state index contributed by atoms with van der Waals surface area (Å²) in [4.78, 5) is 97.3. The van der Waals surface area contributed by atoms with E-state index in [0.29, 0.717) is 115 Å². The van der Waals surface area contributed by atoms with Gasteiger partial charge in [0.2, 0.25) is 23.7 Å². The number of urea groups is 1. The van der Waals surface area contributed by atoms with Gasteiger partial charge in [-0.2, -0.15) is 15.2 Å². The fourth-order valence-corrected chi connectivity index (χ4v) is 12.5. The summed E-state index contributed by atoms with van der Waals surface area (Å²) in [5, 5.41) is 21.7. The first-order valence-electron chi connectivity index (χ1n) is 29.6. The van der Waals surface area contributed by atoms with Crippen molar-refractivity contribution in [1.82, 2.24) is 45.3 Å². The molecule has 2 aliphatic carbocycles. The summed E-state index contributed by atoms with van der Waals surface area (Å²) < 4.78 is 11.3. The molecule has 10 rings (SSSR count). The van der Waals surface area contributed by atoms with E-state index in [1.54, 1.807) is 111 Å². The van der Waals surface area contributed by atoms with E-state index in [-0.39, 0.29) is 41.7 Å². The second kappa shape index (κ2) is 25.9. The zero-order valence-corrected chi connectivity index (χ0v) is 50.6. The van der Waals surface area contributed by atoms with Crippen LogP contribution in [0.4, 0.5) is 51.1 Å². The normalized spacial score (nSPS) is 19.5. The quantitative estimate of drug-likeness (QED) is 0.0943. The Kier molecular flexibility index (Phi) is 18.7. The molecule has 6 aliphatic rings. The molecular formula is C61H84N16O7. The summed E-state index contributed by atoms with van der Waals surface area (Å²) in [5.41, 5.74) is 2.53. The summed E-state index contributed by atoms with van der Waals surface area (Å²) >= 11 is 0. The SMILES string of the molecule is COc1cc(C(=O)NC2CCN(C(=O)N(C)C)CC2)ccc1Nc1ncc2c(n1)N(C1CCCC1)CC(C)(C)C(=O)N2C.COc1cc(C(=O)NC2CCN(CC#N)CC2)ccc1Nc1ncc2c(n1)N(C1CCCC1)CC(C)(C)C(=O)N2C. The molecule has 0 radical (unpaired) electrons. The highest BCUT2D eigenvalue weighted by Crippen LogP contribution is 2.43. The van der Waals surface area contributed by atoms with Crippen LogP contribution in [-0.2, 0) is 9.59 Å². The summed E-state index contributed by atoms with van der Waals surface area (Å²) in [6, 6.07) is 13.4. The topological polar surface area (TPSA) is 250 Å². The van der Waals surface area contributed by atoms with Crippen molar-refractivity contribution in [2.24, 2.45) is 10.8 Å². The monoisotopic (exact) mass is 1150 g/mol. The molecule has 23 nitrogen and oxygen atoms in total. The van der Waals surface area contributed by atoms with Gasteiger partial charge in [0.1, 0.15) is 22.9 Å². The molecule has 0 atom stereocenters. The molecule has 6 heterocycles. The van der Waals surface area contributed by atoms with Crippen LogP contribution in [-0.4, -0.2) is 177 Å². The van der Waals surface area contributed by atoms with Gasteiger partial charge < -0.3 is 60.1 Å². The van der Waals surface area contributed by atoms with Gasteiger partial charge in [-0.15, -0.1) is 0 Å². The van der Waals surface area contributed by atoms with E-state index in [1.807, 2.05) is 27.7 Å². The predicted octanol–water partition coefficient (Wildman–Crippen LogP) is 7.55. The first kappa shape index (κ1) is 60.6. The van der Waals surface area contributed by atoms with Gasteiger partial charge in [-0.25, -0.2) is 14.8 Å². The minimum Gasteiger partial charge on any atom is -0.495 e. The van der Waals surface area contributed by atoms with E-state index in [4.69, 9.17) is 24.7 Å². The van der Waals surface area contributed by atoms with Crippen LogP contribution in [0.1, 0.15) is 125 Å². The van der Waals surface area contributed by atoms with Crippen molar-refractivity contribution in [3.63, 3.8) is 0 Å². The van der Waals surface area contributed by atoms with E-state index >= 15 is 0 Å². The average molecular weight is 1150 g/mol. The molecule has 6 amide bonds. The number of nitriles is 1. The van der Waals surface area contributed by atoms with Gasteiger partial charge in [-0.3, -0.25) is 24.1 Å². The third kappa shape index (κ3) is 13.5. The number of nitrogens with one attached hydrogen (secondary N) is 4. The van der Waals surface area contributed by atoms with Crippen LogP contribution in [0.25, 0.3) is 0 Å². The number of hydrogen-bond donors (Lipinski definition) is 4. The van der Waals surface area contributed by atoms with Crippen molar-refractivity contribution in [3.8, 4) is 17.6 Å². The molecule has 2 aromatic carbocycles. The number of carbonyl (C=O) groups is 5. The maximum atomic E-state index is 13.3. The number of fused-ring (bicyclic) bond motifs is 2. The molecule has 0 unspecified atom stereocenters. The highest BCUT2D eigenvalue weighted by Gasteiger charge is 2.43. The summed E-state index contributed by atoms with van der Waals surface area (Å²) in [6.45, 7) is 12.4. The fourth-order valence-electron chi connectivity index (χ4n) is 12.5. The fraction of sp³-hybridized carbons (Fsp3) is 0.574. The molecule has 0 bridgehead atoms. The molecule has 450 valence electrons. The predicted molar refractivity (Wildman–Crippen MR) is 324 cm³/mol. The highest BCUT2D eigenvalue weighted by atomic mass is 16.5. The van der Waals surface area contributed by atoms with Crippen LogP contribution in [0.3, 0.4) is 0 Å². The molecule has 0 spiro atoms. The lowest BCUT2D eigenvalue weighted by molar-refractivity contribution is -0.126. The number of amides is 6. The van der Waals surface area contributed by atoms with Crippen LogP contribution in [0.5, 0.6) is 11.5 Å². The molecule has 2 saturated heterocycles. The van der Waals surface area contributed by atoms with Crippen molar-refractivity contribution < 1.29 is 33.4 Å². The van der Waals surface area contributed by atoms with Crippen LogP contribution in [0.15, 0.2) is 48.8 Å². The minimum atomic E-state index is -0.564. The molecule has 23 heteroatoms. The van der Waals surface area contributed by atoms with Gasteiger partial charge in [0.05, 0.1) is 61.4 Å². The lowest BCUT2D eigenvalue weighted by Crippen LogP contribution is -2.49. The maximum Gasteiger partial charge on any atom is 0.319 e. The van der Waals surface area contributed by atoms with Gasteiger partial charge in [-0.1, -0.05) is 25.7 Å². The number of rotatable bonds is 13. The zero-order chi connectivity index (χ0) is 60.0. The van der Waals surface area contributed by atoms with Crippen LogP contribution in [0, 0.1) is 22.2 Å². The van der Waals surface area contributed by atoms with Gasteiger partial charge in [-0.05, 0) is 115 Å². The first-order chi connectivity index (χ1) is 40.2. The Balaban J connectivity index is 0.000000202. The van der Waals surface area contributed by atoms with Gasteiger partial charge in [0.15, 0.2) is 11.6 Å². The van der Waals surface area contributed by atoms with Crippen molar-refractivity contribution >= 4 is 75.9 Å². The molecule has 4 fully saturated rings.